The predicted octanol–water partition coefficient (Wildman–Crippen LogP) is 0.829. The maximum Gasteiger partial charge on any atom is 0.311 e. The number of aliphatic hydroxyl groups is 1. The second-order valence-corrected chi connectivity index (χ2v) is 3.46. The minimum atomic E-state index is -0.701. The van der Waals surface area contributed by atoms with Crippen molar-refractivity contribution in [3.8, 4) is 0 Å². The average Bonchev–Trinajstić information content (AvgIpc) is 2.18. The van der Waals surface area contributed by atoms with Crippen molar-refractivity contribution in [3.63, 3.8) is 0 Å². The second-order valence-electron chi connectivity index (χ2n) is 3.46. The zero-order chi connectivity index (χ0) is 11.1. The van der Waals surface area contributed by atoms with E-state index in [2.05, 4.69) is 4.74 Å². The Hall–Kier alpha value is -0.610. The van der Waals surface area contributed by atoms with E-state index in [0.717, 1.165) is 0 Å². The van der Waals surface area contributed by atoms with Crippen LogP contribution in [0.3, 0.4) is 0 Å². The molecule has 0 aliphatic rings. The monoisotopic (exact) mass is 204 g/mol. The molecule has 0 saturated heterocycles. The van der Waals surface area contributed by atoms with Crippen LogP contribution >= 0.6 is 0 Å². The molecule has 0 spiro atoms. The molecule has 4 nitrogen and oxygen atoms in total. The standard InChI is InChI=1S/C10H20O4/c1-5-8(10(12)14-4)9(11)7(2)6-13-3/h7-9,11H,5-6H2,1-4H3. The van der Waals surface area contributed by atoms with E-state index in [1.165, 1.54) is 7.11 Å². The van der Waals surface area contributed by atoms with E-state index in [1.807, 2.05) is 13.8 Å². The molecule has 3 atom stereocenters. The molecule has 0 amide bonds. The summed E-state index contributed by atoms with van der Waals surface area (Å²) in [7, 11) is 2.90. The lowest BCUT2D eigenvalue weighted by molar-refractivity contribution is -0.151. The van der Waals surface area contributed by atoms with Gasteiger partial charge in [0.25, 0.3) is 0 Å². The molecule has 84 valence electrons. The maximum atomic E-state index is 11.3. The molecule has 0 heterocycles. The first-order valence-electron chi connectivity index (χ1n) is 4.83. The summed E-state index contributed by atoms with van der Waals surface area (Å²) < 4.78 is 9.53. The molecule has 0 aliphatic heterocycles. The van der Waals surface area contributed by atoms with E-state index in [0.29, 0.717) is 13.0 Å². The quantitative estimate of drug-likeness (QED) is 0.651. The number of ether oxygens (including phenoxy) is 2. The summed E-state index contributed by atoms with van der Waals surface area (Å²) in [6, 6.07) is 0. The van der Waals surface area contributed by atoms with Gasteiger partial charge in [0.2, 0.25) is 0 Å². The van der Waals surface area contributed by atoms with Crippen LogP contribution in [0.5, 0.6) is 0 Å². The van der Waals surface area contributed by atoms with Crippen molar-refractivity contribution in [2.24, 2.45) is 11.8 Å². The van der Waals surface area contributed by atoms with E-state index in [1.54, 1.807) is 7.11 Å². The van der Waals surface area contributed by atoms with Crippen molar-refractivity contribution in [1.82, 2.24) is 0 Å². The smallest absolute Gasteiger partial charge is 0.311 e. The molecule has 0 bridgehead atoms. The lowest BCUT2D eigenvalue weighted by atomic mass is 9.90. The number of aliphatic hydroxyl groups excluding tert-OH is 1. The van der Waals surface area contributed by atoms with Gasteiger partial charge in [-0.25, -0.2) is 0 Å². The molecule has 0 aromatic heterocycles. The van der Waals surface area contributed by atoms with Crippen LogP contribution in [0.15, 0.2) is 0 Å². The Bertz CT molecular complexity index is 170. The summed E-state index contributed by atoms with van der Waals surface area (Å²) in [6.07, 6.45) is -0.130. The molecule has 0 fully saturated rings. The minimum absolute atomic E-state index is 0.0657. The first-order chi connectivity index (χ1) is 6.58. The number of esters is 1. The predicted molar refractivity (Wildman–Crippen MR) is 52.8 cm³/mol. The van der Waals surface area contributed by atoms with Gasteiger partial charge < -0.3 is 14.6 Å². The number of carbonyl (C=O) groups excluding carboxylic acids is 1. The van der Waals surface area contributed by atoms with Crippen LogP contribution in [-0.2, 0) is 14.3 Å². The summed E-state index contributed by atoms with van der Waals surface area (Å²) in [5.41, 5.74) is 0. The van der Waals surface area contributed by atoms with Gasteiger partial charge in [0.15, 0.2) is 0 Å². The first-order valence-corrected chi connectivity index (χ1v) is 4.83. The molecule has 1 N–H and O–H groups in total. The highest BCUT2D eigenvalue weighted by molar-refractivity contribution is 5.72. The molecule has 0 aliphatic carbocycles. The van der Waals surface area contributed by atoms with Crippen molar-refractivity contribution in [1.29, 1.82) is 0 Å². The van der Waals surface area contributed by atoms with Gasteiger partial charge in [0.1, 0.15) is 0 Å². The van der Waals surface area contributed by atoms with Crippen LogP contribution in [0.4, 0.5) is 0 Å². The normalized spacial score (nSPS) is 17.2. The fraction of sp³-hybridized carbons (Fsp3) is 0.900. The molecule has 0 radical (unpaired) electrons. The van der Waals surface area contributed by atoms with Gasteiger partial charge in [-0.15, -0.1) is 0 Å². The minimum Gasteiger partial charge on any atom is -0.469 e. The molecular formula is C10H20O4. The number of hydrogen-bond donors (Lipinski definition) is 1. The van der Waals surface area contributed by atoms with Crippen molar-refractivity contribution >= 4 is 5.97 Å². The highest BCUT2D eigenvalue weighted by Crippen LogP contribution is 2.18. The topological polar surface area (TPSA) is 55.8 Å². The highest BCUT2D eigenvalue weighted by atomic mass is 16.5. The molecule has 0 aromatic rings. The Labute approximate surface area is 85.2 Å². The lowest BCUT2D eigenvalue weighted by Gasteiger charge is -2.24. The lowest BCUT2D eigenvalue weighted by Crippen LogP contribution is -2.35. The Morgan fingerprint density at radius 2 is 2.00 bits per heavy atom. The molecule has 0 saturated carbocycles. The van der Waals surface area contributed by atoms with Gasteiger partial charge in [-0.05, 0) is 6.42 Å². The number of hydrogen-bond acceptors (Lipinski definition) is 4. The van der Waals surface area contributed by atoms with Crippen molar-refractivity contribution in [3.05, 3.63) is 0 Å². The number of rotatable bonds is 6. The van der Waals surface area contributed by atoms with Gasteiger partial charge in [-0.1, -0.05) is 13.8 Å². The third-order valence-corrected chi connectivity index (χ3v) is 2.37. The van der Waals surface area contributed by atoms with Gasteiger partial charge >= 0.3 is 5.97 Å². The molecule has 0 rings (SSSR count). The third-order valence-electron chi connectivity index (χ3n) is 2.37. The van der Waals surface area contributed by atoms with Gasteiger partial charge in [-0.3, -0.25) is 4.79 Å². The third kappa shape index (κ3) is 3.64. The molecule has 14 heavy (non-hydrogen) atoms. The molecule has 0 aromatic carbocycles. The number of carbonyl (C=O) groups is 1. The van der Waals surface area contributed by atoms with Crippen LogP contribution in [-0.4, -0.2) is 38.0 Å². The zero-order valence-electron chi connectivity index (χ0n) is 9.32. The summed E-state index contributed by atoms with van der Waals surface area (Å²) in [6.45, 7) is 4.14. The Kier molecular flexibility index (Phi) is 6.49. The van der Waals surface area contributed by atoms with E-state index in [-0.39, 0.29) is 11.9 Å². The molecule has 4 heteroatoms. The maximum absolute atomic E-state index is 11.3. The van der Waals surface area contributed by atoms with Gasteiger partial charge in [0.05, 0.1) is 25.7 Å². The van der Waals surface area contributed by atoms with E-state index in [4.69, 9.17) is 4.74 Å². The van der Waals surface area contributed by atoms with Crippen molar-refractivity contribution in [2.45, 2.75) is 26.4 Å². The average molecular weight is 204 g/mol. The van der Waals surface area contributed by atoms with E-state index < -0.39 is 12.0 Å². The van der Waals surface area contributed by atoms with Crippen LogP contribution < -0.4 is 0 Å². The van der Waals surface area contributed by atoms with Crippen LogP contribution in [0.25, 0.3) is 0 Å². The Morgan fingerprint density at radius 3 is 2.36 bits per heavy atom. The summed E-state index contributed by atoms with van der Waals surface area (Å²) in [5, 5.41) is 9.83. The van der Waals surface area contributed by atoms with Crippen LogP contribution in [0.2, 0.25) is 0 Å². The zero-order valence-corrected chi connectivity index (χ0v) is 9.32. The molecule has 3 unspecified atom stereocenters. The highest BCUT2D eigenvalue weighted by Gasteiger charge is 2.29. The largest absolute Gasteiger partial charge is 0.469 e. The number of methoxy groups -OCH3 is 2. The fourth-order valence-corrected chi connectivity index (χ4v) is 1.46. The van der Waals surface area contributed by atoms with Crippen molar-refractivity contribution in [2.75, 3.05) is 20.8 Å². The summed E-state index contributed by atoms with van der Waals surface area (Å²) in [4.78, 5) is 11.3. The fourth-order valence-electron chi connectivity index (χ4n) is 1.46. The Morgan fingerprint density at radius 1 is 1.43 bits per heavy atom. The van der Waals surface area contributed by atoms with E-state index in [9.17, 15) is 9.90 Å². The van der Waals surface area contributed by atoms with Crippen LogP contribution in [0.1, 0.15) is 20.3 Å². The SMILES string of the molecule is CCC(C(=O)OC)C(O)C(C)COC. The first kappa shape index (κ1) is 13.4. The summed E-state index contributed by atoms with van der Waals surface area (Å²) >= 11 is 0. The van der Waals surface area contributed by atoms with Crippen LogP contribution in [0, 0.1) is 11.8 Å². The second kappa shape index (κ2) is 6.79. The van der Waals surface area contributed by atoms with Gasteiger partial charge in [-0.2, -0.15) is 0 Å². The molecular weight excluding hydrogens is 184 g/mol. The summed E-state index contributed by atoms with van der Waals surface area (Å²) in [5.74, 6) is -0.878. The van der Waals surface area contributed by atoms with E-state index >= 15 is 0 Å². The van der Waals surface area contributed by atoms with Gasteiger partial charge in [0, 0.05) is 13.0 Å². The van der Waals surface area contributed by atoms with Crippen molar-refractivity contribution < 1.29 is 19.4 Å². The Balaban J connectivity index is 4.29.